The lowest BCUT2D eigenvalue weighted by Gasteiger charge is -2.05. The first kappa shape index (κ1) is 16.5. The summed E-state index contributed by atoms with van der Waals surface area (Å²) in [4.78, 5) is 11.7. The number of benzene rings is 2. The van der Waals surface area contributed by atoms with Crippen LogP contribution in [0.15, 0.2) is 53.6 Å². The molecule has 120 valence electrons. The van der Waals surface area contributed by atoms with E-state index in [2.05, 4.69) is 15.8 Å². The Kier molecular flexibility index (Phi) is 6.17. The summed E-state index contributed by atoms with van der Waals surface area (Å²) in [6.07, 6.45) is 1.60. The lowest BCUT2D eigenvalue weighted by Crippen LogP contribution is -2.25. The van der Waals surface area contributed by atoms with Gasteiger partial charge in [0, 0.05) is 5.69 Å². The van der Waals surface area contributed by atoms with Crippen molar-refractivity contribution in [3.63, 3.8) is 0 Å². The molecule has 2 rings (SSSR count). The number of nitrogens with zero attached hydrogens (tertiary/aromatic N) is 1. The first-order valence-corrected chi connectivity index (χ1v) is 7.52. The maximum Gasteiger partial charge on any atom is 0.259 e. The zero-order valence-electron chi connectivity index (χ0n) is 13.4. The first-order valence-electron chi connectivity index (χ1n) is 7.52. The second-order valence-corrected chi connectivity index (χ2v) is 5.01. The smallest absolute Gasteiger partial charge is 0.259 e. The van der Waals surface area contributed by atoms with Crippen LogP contribution in [0.1, 0.15) is 18.1 Å². The van der Waals surface area contributed by atoms with Gasteiger partial charge in [-0.3, -0.25) is 4.79 Å². The van der Waals surface area contributed by atoms with E-state index in [1.807, 2.05) is 62.4 Å². The third kappa shape index (κ3) is 5.82. The van der Waals surface area contributed by atoms with Gasteiger partial charge in [0.2, 0.25) is 0 Å². The molecule has 2 aromatic rings. The minimum atomic E-state index is -0.201. The SMILES string of the molecule is CCOc1ccc(/C=N\NC(=O)CNc2ccc(C)cc2)cc1. The number of carbonyl (C=O) groups excluding carboxylic acids is 1. The van der Waals surface area contributed by atoms with E-state index in [0.717, 1.165) is 17.0 Å². The van der Waals surface area contributed by atoms with Crippen LogP contribution in [-0.4, -0.2) is 25.3 Å². The summed E-state index contributed by atoms with van der Waals surface area (Å²) in [5, 5.41) is 6.98. The van der Waals surface area contributed by atoms with Crippen molar-refractivity contribution in [3.8, 4) is 5.75 Å². The van der Waals surface area contributed by atoms with Crippen LogP contribution in [0, 0.1) is 6.92 Å². The molecule has 0 bridgehead atoms. The molecule has 23 heavy (non-hydrogen) atoms. The van der Waals surface area contributed by atoms with Crippen molar-refractivity contribution >= 4 is 17.8 Å². The van der Waals surface area contributed by atoms with Gasteiger partial charge in [0.05, 0.1) is 19.4 Å². The Bertz CT molecular complexity index is 649. The van der Waals surface area contributed by atoms with Crippen LogP contribution >= 0.6 is 0 Å². The van der Waals surface area contributed by atoms with Crippen LogP contribution in [0.3, 0.4) is 0 Å². The van der Waals surface area contributed by atoms with Crippen LogP contribution < -0.4 is 15.5 Å². The number of rotatable bonds is 7. The third-order valence-electron chi connectivity index (χ3n) is 3.10. The van der Waals surface area contributed by atoms with E-state index in [0.29, 0.717) is 6.61 Å². The molecule has 0 unspecified atom stereocenters. The second-order valence-electron chi connectivity index (χ2n) is 5.01. The average Bonchev–Trinajstić information content (AvgIpc) is 2.56. The van der Waals surface area contributed by atoms with Crippen LogP contribution in [0.25, 0.3) is 0 Å². The number of hydrogen-bond acceptors (Lipinski definition) is 4. The van der Waals surface area contributed by atoms with Crippen molar-refractivity contribution in [2.24, 2.45) is 5.10 Å². The van der Waals surface area contributed by atoms with E-state index < -0.39 is 0 Å². The Balaban J connectivity index is 1.75. The highest BCUT2D eigenvalue weighted by atomic mass is 16.5. The van der Waals surface area contributed by atoms with Crippen molar-refractivity contribution in [1.82, 2.24) is 5.43 Å². The Morgan fingerprint density at radius 2 is 1.83 bits per heavy atom. The summed E-state index contributed by atoms with van der Waals surface area (Å²) in [6.45, 7) is 4.77. The number of carbonyl (C=O) groups is 1. The molecule has 0 spiro atoms. The number of anilines is 1. The fraction of sp³-hybridized carbons (Fsp3) is 0.222. The normalized spacial score (nSPS) is 10.5. The van der Waals surface area contributed by atoms with Crippen LogP contribution in [0.4, 0.5) is 5.69 Å². The summed E-state index contributed by atoms with van der Waals surface area (Å²) in [5.41, 5.74) is 5.46. The summed E-state index contributed by atoms with van der Waals surface area (Å²) in [7, 11) is 0. The van der Waals surface area contributed by atoms with Crippen molar-refractivity contribution < 1.29 is 9.53 Å². The molecule has 1 amide bonds. The number of aryl methyl sites for hydroxylation is 1. The summed E-state index contributed by atoms with van der Waals surface area (Å²) < 4.78 is 5.36. The molecule has 0 aliphatic heterocycles. The average molecular weight is 311 g/mol. The molecule has 5 nitrogen and oxygen atoms in total. The molecule has 0 saturated carbocycles. The topological polar surface area (TPSA) is 62.7 Å². The van der Waals surface area contributed by atoms with Crippen molar-refractivity contribution in [1.29, 1.82) is 0 Å². The number of amides is 1. The molecule has 2 N–H and O–H groups in total. The Morgan fingerprint density at radius 1 is 1.13 bits per heavy atom. The van der Waals surface area contributed by atoms with E-state index in [4.69, 9.17) is 4.74 Å². The fourth-order valence-corrected chi connectivity index (χ4v) is 1.89. The highest BCUT2D eigenvalue weighted by Gasteiger charge is 1.99. The van der Waals surface area contributed by atoms with Crippen LogP contribution in [-0.2, 0) is 4.79 Å². The molecule has 2 aromatic carbocycles. The van der Waals surface area contributed by atoms with Gasteiger partial charge in [-0.25, -0.2) is 5.43 Å². The van der Waals surface area contributed by atoms with E-state index >= 15 is 0 Å². The van der Waals surface area contributed by atoms with E-state index in [1.165, 1.54) is 5.56 Å². The van der Waals surface area contributed by atoms with Gasteiger partial charge in [-0.1, -0.05) is 17.7 Å². The van der Waals surface area contributed by atoms with E-state index in [-0.39, 0.29) is 12.5 Å². The number of hydrazone groups is 1. The van der Waals surface area contributed by atoms with E-state index in [9.17, 15) is 4.79 Å². The maximum atomic E-state index is 11.7. The standard InChI is InChI=1S/C18H21N3O2/c1-3-23-17-10-6-15(7-11-17)12-20-21-18(22)13-19-16-8-4-14(2)5-9-16/h4-12,19H,3,13H2,1-2H3,(H,21,22)/b20-12-. The molecule has 0 aromatic heterocycles. The lowest BCUT2D eigenvalue weighted by molar-refractivity contribution is -0.119. The molecule has 0 heterocycles. The minimum Gasteiger partial charge on any atom is -0.494 e. The zero-order chi connectivity index (χ0) is 16.5. The number of nitrogens with one attached hydrogen (secondary N) is 2. The summed E-state index contributed by atoms with van der Waals surface area (Å²) in [5.74, 6) is 0.615. The lowest BCUT2D eigenvalue weighted by atomic mass is 10.2. The largest absolute Gasteiger partial charge is 0.494 e. The van der Waals surface area contributed by atoms with Crippen molar-refractivity contribution in [2.45, 2.75) is 13.8 Å². The number of ether oxygens (including phenoxy) is 1. The summed E-state index contributed by atoms with van der Waals surface area (Å²) >= 11 is 0. The zero-order valence-corrected chi connectivity index (χ0v) is 13.4. The Labute approximate surface area is 136 Å². The second kappa shape index (κ2) is 8.58. The van der Waals surface area contributed by atoms with Gasteiger partial charge in [-0.2, -0.15) is 5.10 Å². The third-order valence-corrected chi connectivity index (χ3v) is 3.10. The Hall–Kier alpha value is -2.82. The predicted octanol–water partition coefficient (Wildman–Crippen LogP) is 2.96. The molecule has 0 aliphatic carbocycles. The molecule has 0 fully saturated rings. The van der Waals surface area contributed by atoms with Gasteiger partial charge in [-0.05, 0) is 55.8 Å². The fourth-order valence-electron chi connectivity index (χ4n) is 1.89. The maximum absolute atomic E-state index is 11.7. The van der Waals surface area contributed by atoms with Gasteiger partial charge >= 0.3 is 0 Å². The quantitative estimate of drug-likeness (QED) is 0.610. The molecule has 5 heteroatoms. The van der Waals surface area contributed by atoms with Crippen LogP contribution in [0.5, 0.6) is 5.75 Å². The van der Waals surface area contributed by atoms with Gasteiger partial charge < -0.3 is 10.1 Å². The van der Waals surface area contributed by atoms with Gasteiger partial charge in [-0.15, -0.1) is 0 Å². The highest BCUT2D eigenvalue weighted by molar-refractivity contribution is 5.84. The van der Waals surface area contributed by atoms with Crippen LogP contribution in [0.2, 0.25) is 0 Å². The van der Waals surface area contributed by atoms with E-state index in [1.54, 1.807) is 6.21 Å². The van der Waals surface area contributed by atoms with Gasteiger partial charge in [0.15, 0.2) is 0 Å². The highest BCUT2D eigenvalue weighted by Crippen LogP contribution is 2.10. The van der Waals surface area contributed by atoms with Gasteiger partial charge in [0.1, 0.15) is 5.75 Å². The minimum absolute atomic E-state index is 0.170. The Morgan fingerprint density at radius 3 is 2.48 bits per heavy atom. The molecule has 0 saturated heterocycles. The molecule has 0 atom stereocenters. The molecular weight excluding hydrogens is 290 g/mol. The first-order chi connectivity index (χ1) is 11.2. The molecule has 0 aliphatic rings. The predicted molar refractivity (Wildman–Crippen MR) is 93.0 cm³/mol. The number of hydrogen-bond donors (Lipinski definition) is 2. The van der Waals surface area contributed by atoms with Crippen molar-refractivity contribution in [3.05, 3.63) is 59.7 Å². The summed E-state index contributed by atoms with van der Waals surface area (Å²) in [6, 6.07) is 15.3. The molecular formula is C18H21N3O2. The molecule has 0 radical (unpaired) electrons. The van der Waals surface area contributed by atoms with Crippen molar-refractivity contribution in [2.75, 3.05) is 18.5 Å². The van der Waals surface area contributed by atoms with Gasteiger partial charge in [0.25, 0.3) is 5.91 Å². The monoisotopic (exact) mass is 311 g/mol.